The summed E-state index contributed by atoms with van der Waals surface area (Å²) in [6.45, 7) is 3.18. The second-order valence-corrected chi connectivity index (χ2v) is 5.81. The Morgan fingerprint density at radius 3 is 2.71 bits per heavy atom. The summed E-state index contributed by atoms with van der Waals surface area (Å²) in [5.74, 6) is -1.02. The molecule has 9 heteroatoms. The van der Waals surface area contributed by atoms with Gasteiger partial charge in [-0.05, 0) is 37.6 Å². The highest BCUT2D eigenvalue weighted by molar-refractivity contribution is 5.95. The molecular formula is C19H22N2O7. The first-order valence-electron chi connectivity index (χ1n) is 8.55. The maximum Gasteiger partial charge on any atom is 0.338 e. The van der Waals surface area contributed by atoms with E-state index in [1.807, 2.05) is 0 Å². The van der Waals surface area contributed by atoms with Crippen molar-refractivity contribution >= 4 is 24.0 Å². The Morgan fingerprint density at radius 2 is 2.04 bits per heavy atom. The van der Waals surface area contributed by atoms with Crippen LogP contribution in [-0.4, -0.2) is 49.4 Å². The van der Waals surface area contributed by atoms with E-state index in [0.29, 0.717) is 5.56 Å². The fourth-order valence-corrected chi connectivity index (χ4v) is 2.55. The molecule has 1 heterocycles. The van der Waals surface area contributed by atoms with E-state index in [1.54, 1.807) is 26.0 Å². The van der Waals surface area contributed by atoms with Gasteiger partial charge in [0.25, 0.3) is 0 Å². The molecule has 0 saturated carbocycles. The number of rotatable bonds is 7. The number of esters is 2. The van der Waals surface area contributed by atoms with Gasteiger partial charge in [0, 0.05) is 6.08 Å². The maximum absolute atomic E-state index is 12.1. The highest BCUT2D eigenvalue weighted by atomic mass is 16.5. The van der Waals surface area contributed by atoms with Crippen molar-refractivity contribution in [3.63, 3.8) is 0 Å². The number of phenols is 1. The van der Waals surface area contributed by atoms with E-state index >= 15 is 0 Å². The van der Waals surface area contributed by atoms with Crippen molar-refractivity contribution in [2.45, 2.75) is 19.9 Å². The van der Waals surface area contributed by atoms with Gasteiger partial charge in [-0.2, -0.15) is 0 Å². The molecule has 0 spiro atoms. The number of phenolic OH excluding ortho intramolecular Hbond substituents is 1. The lowest BCUT2D eigenvalue weighted by Crippen LogP contribution is -2.50. The number of benzene rings is 1. The molecule has 0 radical (unpaired) electrons. The Morgan fingerprint density at radius 1 is 1.29 bits per heavy atom. The third kappa shape index (κ3) is 5.26. The Kier molecular flexibility index (Phi) is 7.02. The Balaban J connectivity index is 2.07. The van der Waals surface area contributed by atoms with Crippen LogP contribution in [0.15, 0.2) is 35.5 Å². The fraction of sp³-hybridized carbons (Fsp3) is 0.316. The van der Waals surface area contributed by atoms with Crippen LogP contribution in [0.2, 0.25) is 0 Å². The number of methoxy groups -OCH3 is 1. The number of hydrogen-bond acceptors (Lipinski definition) is 7. The normalized spacial score (nSPS) is 16.4. The van der Waals surface area contributed by atoms with Gasteiger partial charge in [0.05, 0.1) is 31.0 Å². The molecule has 1 unspecified atom stereocenters. The molecule has 2 rings (SSSR count). The van der Waals surface area contributed by atoms with E-state index in [9.17, 15) is 19.5 Å². The summed E-state index contributed by atoms with van der Waals surface area (Å²) >= 11 is 0. The van der Waals surface area contributed by atoms with Crippen LogP contribution < -0.4 is 15.4 Å². The zero-order chi connectivity index (χ0) is 20.7. The molecule has 0 aromatic heterocycles. The monoisotopic (exact) mass is 390 g/mol. The number of urea groups is 1. The third-order valence-electron chi connectivity index (χ3n) is 3.84. The molecule has 150 valence electrons. The van der Waals surface area contributed by atoms with E-state index < -0.39 is 24.0 Å². The van der Waals surface area contributed by atoms with E-state index in [4.69, 9.17) is 14.2 Å². The summed E-state index contributed by atoms with van der Waals surface area (Å²) in [6, 6.07) is 3.50. The molecule has 1 atom stereocenters. The molecule has 1 aromatic rings. The van der Waals surface area contributed by atoms with Gasteiger partial charge in [0.2, 0.25) is 0 Å². The molecule has 1 aliphatic heterocycles. The predicted molar refractivity (Wildman–Crippen MR) is 99.4 cm³/mol. The van der Waals surface area contributed by atoms with Crippen LogP contribution in [0, 0.1) is 0 Å². The van der Waals surface area contributed by atoms with Crippen molar-refractivity contribution in [1.29, 1.82) is 0 Å². The lowest BCUT2D eigenvalue weighted by molar-refractivity contribution is -0.140. The van der Waals surface area contributed by atoms with Gasteiger partial charge in [-0.25, -0.2) is 14.4 Å². The molecule has 1 aromatic carbocycles. The molecule has 0 bridgehead atoms. The van der Waals surface area contributed by atoms with E-state index in [2.05, 4.69) is 10.6 Å². The van der Waals surface area contributed by atoms with Gasteiger partial charge in [-0.3, -0.25) is 0 Å². The number of amides is 2. The average molecular weight is 390 g/mol. The molecule has 0 aliphatic carbocycles. The highest BCUT2D eigenvalue weighted by Crippen LogP contribution is 2.26. The number of aromatic hydroxyl groups is 1. The van der Waals surface area contributed by atoms with Crippen molar-refractivity contribution in [2.75, 3.05) is 20.3 Å². The standard InChI is InChI=1S/C19H22N2O7/c1-4-27-18(24)17-11(2)20-19(25)21-13(17)10-28-16(23)8-6-12-5-7-14(22)15(9-12)26-3/h5-9,11,22H,4,10H2,1-3H3,(H2,20,21,25)/b8-6+. The van der Waals surface area contributed by atoms with Crippen LogP contribution in [0.5, 0.6) is 11.5 Å². The third-order valence-corrected chi connectivity index (χ3v) is 3.84. The average Bonchev–Trinajstić information content (AvgIpc) is 2.65. The molecule has 2 amide bonds. The molecule has 9 nitrogen and oxygen atoms in total. The second kappa shape index (κ2) is 9.45. The smallest absolute Gasteiger partial charge is 0.338 e. The number of ether oxygens (including phenoxy) is 3. The number of hydrogen-bond donors (Lipinski definition) is 3. The first kappa shape index (κ1) is 20.8. The topological polar surface area (TPSA) is 123 Å². The number of carbonyl (C=O) groups is 3. The van der Waals surface area contributed by atoms with Crippen molar-refractivity contribution in [2.24, 2.45) is 0 Å². The second-order valence-electron chi connectivity index (χ2n) is 5.81. The summed E-state index contributed by atoms with van der Waals surface area (Å²) in [7, 11) is 1.42. The number of carbonyl (C=O) groups excluding carboxylic acids is 3. The Labute approximate surface area is 162 Å². The van der Waals surface area contributed by atoms with Crippen LogP contribution in [0.3, 0.4) is 0 Å². The lowest BCUT2D eigenvalue weighted by atomic mass is 10.0. The van der Waals surface area contributed by atoms with Crippen LogP contribution in [-0.2, 0) is 19.1 Å². The summed E-state index contributed by atoms with van der Waals surface area (Å²) in [6.07, 6.45) is 2.66. The van der Waals surface area contributed by atoms with Gasteiger partial charge in [0.15, 0.2) is 11.5 Å². The SMILES string of the molecule is CCOC(=O)C1=C(COC(=O)/C=C/c2ccc(O)c(OC)c2)NC(=O)NC1C. The lowest BCUT2D eigenvalue weighted by Gasteiger charge is -2.26. The van der Waals surface area contributed by atoms with Crippen LogP contribution in [0.1, 0.15) is 19.4 Å². The largest absolute Gasteiger partial charge is 0.504 e. The minimum atomic E-state index is -0.678. The van der Waals surface area contributed by atoms with Crippen molar-refractivity contribution < 1.29 is 33.7 Å². The van der Waals surface area contributed by atoms with Crippen molar-refractivity contribution in [1.82, 2.24) is 10.6 Å². The predicted octanol–water partition coefficient (Wildman–Crippen LogP) is 1.48. The van der Waals surface area contributed by atoms with Crippen LogP contribution >= 0.6 is 0 Å². The van der Waals surface area contributed by atoms with Gasteiger partial charge in [-0.1, -0.05) is 6.07 Å². The molecule has 3 N–H and O–H groups in total. The quantitative estimate of drug-likeness (QED) is 0.476. The summed E-state index contributed by atoms with van der Waals surface area (Å²) < 4.78 is 15.1. The molecule has 0 saturated heterocycles. The van der Waals surface area contributed by atoms with Gasteiger partial charge < -0.3 is 30.0 Å². The number of nitrogens with one attached hydrogen (secondary N) is 2. The van der Waals surface area contributed by atoms with Crippen LogP contribution in [0.25, 0.3) is 6.08 Å². The van der Waals surface area contributed by atoms with E-state index in [1.165, 1.54) is 25.3 Å². The Hall–Kier alpha value is -3.49. The summed E-state index contributed by atoms with van der Waals surface area (Å²) in [5.41, 5.74) is 0.978. The first-order chi connectivity index (χ1) is 13.3. The minimum absolute atomic E-state index is 0.0172. The molecule has 1 aliphatic rings. The van der Waals surface area contributed by atoms with Gasteiger partial charge in [0.1, 0.15) is 6.61 Å². The zero-order valence-electron chi connectivity index (χ0n) is 15.8. The minimum Gasteiger partial charge on any atom is -0.504 e. The van der Waals surface area contributed by atoms with Crippen molar-refractivity contribution in [3.8, 4) is 11.5 Å². The molecule has 0 fully saturated rings. The van der Waals surface area contributed by atoms with Crippen LogP contribution in [0.4, 0.5) is 4.79 Å². The summed E-state index contributed by atoms with van der Waals surface area (Å²) in [4.78, 5) is 35.8. The highest BCUT2D eigenvalue weighted by Gasteiger charge is 2.30. The maximum atomic E-state index is 12.1. The zero-order valence-corrected chi connectivity index (χ0v) is 15.8. The summed E-state index contributed by atoms with van der Waals surface area (Å²) in [5, 5.41) is 14.6. The van der Waals surface area contributed by atoms with Gasteiger partial charge >= 0.3 is 18.0 Å². The van der Waals surface area contributed by atoms with Crippen molar-refractivity contribution in [3.05, 3.63) is 41.1 Å². The Bertz CT molecular complexity index is 830. The first-order valence-corrected chi connectivity index (χ1v) is 8.55. The molecule has 28 heavy (non-hydrogen) atoms. The fourth-order valence-electron chi connectivity index (χ4n) is 2.55. The molecular weight excluding hydrogens is 368 g/mol. The van der Waals surface area contributed by atoms with Gasteiger partial charge in [-0.15, -0.1) is 0 Å². The van der Waals surface area contributed by atoms with E-state index in [-0.39, 0.29) is 36.0 Å². The van der Waals surface area contributed by atoms with E-state index in [0.717, 1.165) is 0 Å².